The zero-order valence-corrected chi connectivity index (χ0v) is 12.1. The van der Waals surface area contributed by atoms with Crippen molar-refractivity contribution in [3.63, 3.8) is 0 Å². The summed E-state index contributed by atoms with van der Waals surface area (Å²) in [5.74, 6) is -0.0457. The van der Waals surface area contributed by atoms with Gasteiger partial charge in [0.05, 0.1) is 12.2 Å². The summed E-state index contributed by atoms with van der Waals surface area (Å²) in [6.45, 7) is 2.75. The first kappa shape index (κ1) is 13.2. The van der Waals surface area contributed by atoms with Gasteiger partial charge in [0.2, 0.25) is 0 Å². The Morgan fingerprint density at radius 3 is 3.00 bits per heavy atom. The number of thiazole rings is 1. The first-order chi connectivity index (χ1) is 9.75. The maximum atomic E-state index is 12.6. The Hall–Kier alpha value is -1.82. The van der Waals surface area contributed by atoms with Crippen molar-refractivity contribution in [3.05, 3.63) is 40.4 Å². The molecule has 3 rings (SSSR count). The molecule has 0 saturated carbocycles. The molecule has 1 aliphatic rings. The van der Waals surface area contributed by atoms with Gasteiger partial charge in [-0.1, -0.05) is 0 Å². The monoisotopic (exact) mass is 288 g/mol. The van der Waals surface area contributed by atoms with Gasteiger partial charge >= 0.3 is 0 Å². The summed E-state index contributed by atoms with van der Waals surface area (Å²) in [6, 6.07) is 0.0805. The molecule has 104 valence electrons. The van der Waals surface area contributed by atoms with Crippen LogP contribution in [-0.4, -0.2) is 32.3 Å². The lowest BCUT2D eigenvalue weighted by Gasteiger charge is -2.34. The van der Waals surface area contributed by atoms with Gasteiger partial charge in [0.15, 0.2) is 0 Å². The zero-order valence-electron chi connectivity index (χ0n) is 11.3. The van der Waals surface area contributed by atoms with E-state index in [-0.39, 0.29) is 11.9 Å². The molecule has 6 heteroatoms. The number of likely N-dealkylation sites (tertiary alicyclic amines) is 1. The highest BCUT2D eigenvalue weighted by Crippen LogP contribution is 2.33. The predicted molar refractivity (Wildman–Crippen MR) is 76.5 cm³/mol. The number of amides is 1. The number of nitrogens with zero attached hydrogens (tertiary/aromatic N) is 4. The molecule has 2 aromatic rings. The van der Waals surface area contributed by atoms with E-state index in [1.165, 1.54) is 6.20 Å². The van der Waals surface area contributed by atoms with E-state index in [2.05, 4.69) is 15.0 Å². The molecule has 0 spiro atoms. The Balaban J connectivity index is 1.87. The average Bonchev–Trinajstić information content (AvgIpc) is 2.94. The SMILES string of the molecule is Cc1csc([C@H]2CCCCN2C(=O)c2cnccn2)n1. The van der Waals surface area contributed by atoms with E-state index in [1.54, 1.807) is 23.7 Å². The summed E-state index contributed by atoms with van der Waals surface area (Å²) in [7, 11) is 0. The van der Waals surface area contributed by atoms with Gasteiger partial charge in [-0.2, -0.15) is 0 Å². The third kappa shape index (κ3) is 2.56. The second-order valence-electron chi connectivity index (χ2n) is 4.93. The third-order valence-electron chi connectivity index (χ3n) is 3.47. The van der Waals surface area contributed by atoms with Crippen molar-refractivity contribution in [2.45, 2.75) is 32.2 Å². The van der Waals surface area contributed by atoms with Gasteiger partial charge in [-0.25, -0.2) is 9.97 Å². The van der Waals surface area contributed by atoms with Crippen LogP contribution in [-0.2, 0) is 0 Å². The summed E-state index contributed by atoms with van der Waals surface area (Å²) in [5, 5.41) is 3.06. The first-order valence-electron chi connectivity index (χ1n) is 6.75. The minimum Gasteiger partial charge on any atom is -0.328 e. The Morgan fingerprint density at radius 2 is 2.30 bits per heavy atom. The Morgan fingerprint density at radius 1 is 1.40 bits per heavy atom. The van der Waals surface area contributed by atoms with Gasteiger partial charge < -0.3 is 4.90 Å². The minimum atomic E-state index is -0.0457. The molecule has 1 amide bonds. The van der Waals surface area contributed by atoms with Crippen LogP contribution in [0.25, 0.3) is 0 Å². The standard InChI is InChI=1S/C14H16N4OS/c1-10-9-20-13(17-10)12-4-2-3-7-18(12)14(19)11-8-15-5-6-16-11/h5-6,8-9,12H,2-4,7H2,1H3/t12-/m1/s1. The molecule has 0 N–H and O–H groups in total. The largest absolute Gasteiger partial charge is 0.328 e. The zero-order chi connectivity index (χ0) is 13.9. The van der Waals surface area contributed by atoms with Gasteiger partial charge in [-0.15, -0.1) is 11.3 Å². The molecule has 1 fully saturated rings. The van der Waals surface area contributed by atoms with Crippen LogP contribution in [0.1, 0.15) is 46.5 Å². The molecule has 0 radical (unpaired) electrons. The van der Waals surface area contributed by atoms with E-state index in [1.807, 2.05) is 17.2 Å². The number of aryl methyl sites for hydroxylation is 1. The summed E-state index contributed by atoms with van der Waals surface area (Å²) < 4.78 is 0. The number of hydrogen-bond acceptors (Lipinski definition) is 5. The minimum absolute atomic E-state index is 0.0457. The van der Waals surface area contributed by atoms with Crippen LogP contribution < -0.4 is 0 Å². The van der Waals surface area contributed by atoms with E-state index in [9.17, 15) is 4.79 Å². The normalized spacial score (nSPS) is 19.1. The van der Waals surface area contributed by atoms with E-state index < -0.39 is 0 Å². The van der Waals surface area contributed by atoms with Crippen LogP contribution in [0.15, 0.2) is 24.0 Å². The van der Waals surface area contributed by atoms with Crippen LogP contribution in [0, 0.1) is 6.92 Å². The summed E-state index contributed by atoms with van der Waals surface area (Å²) in [5.41, 5.74) is 1.43. The quantitative estimate of drug-likeness (QED) is 0.852. The Kier molecular flexibility index (Phi) is 3.73. The first-order valence-corrected chi connectivity index (χ1v) is 7.62. The molecule has 2 aromatic heterocycles. The molecular weight excluding hydrogens is 272 g/mol. The maximum absolute atomic E-state index is 12.6. The lowest BCUT2D eigenvalue weighted by atomic mass is 10.0. The molecule has 20 heavy (non-hydrogen) atoms. The fourth-order valence-electron chi connectivity index (χ4n) is 2.51. The maximum Gasteiger partial charge on any atom is 0.274 e. The van der Waals surface area contributed by atoms with Crippen molar-refractivity contribution >= 4 is 17.2 Å². The Labute approximate surface area is 121 Å². The molecule has 0 aromatic carbocycles. The van der Waals surface area contributed by atoms with E-state index >= 15 is 0 Å². The second kappa shape index (κ2) is 5.66. The molecule has 5 nitrogen and oxygen atoms in total. The number of carbonyl (C=O) groups excluding carboxylic acids is 1. The van der Waals surface area contributed by atoms with Crippen molar-refractivity contribution in [1.29, 1.82) is 0 Å². The number of hydrogen-bond donors (Lipinski definition) is 0. The van der Waals surface area contributed by atoms with Gasteiger partial charge in [0, 0.05) is 30.0 Å². The van der Waals surface area contributed by atoms with Crippen molar-refractivity contribution in [2.24, 2.45) is 0 Å². The van der Waals surface area contributed by atoms with E-state index in [0.29, 0.717) is 5.69 Å². The van der Waals surface area contributed by atoms with E-state index in [0.717, 1.165) is 36.5 Å². The van der Waals surface area contributed by atoms with Crippen LogP contribution in [0.4, 0.5) is 0 Å². The lowest BCUT2D eigenvalue weighted by Crippen LogP contribution is -2.38. The average molecular weight is 288 g/mol. The van der Waals surface area contributed by atoms with Crippen molar-refractivity contribution in [3.8, 4) is 0 Å². The van der Waals surface area contributed by atoms with E-state index in [4.69, 9.17) is 0 Å². The van der Waals surface area contributed by atoms with Gasteiger partial charge in [-0.3, -0.25) is 9.78 Å². The summed E-state index contributed by atoms with van der Waals surface area (Å²) in [4.78, 5) is 27.1. The smallest absolute Gasteiger partial charge is 0.274 e. The molecule has 0 bridgehead atoms. The summed E-state index contributed by atoms with van der Waals surface area (Å²) >= 11 is 1.63. The number of carbonyl (C=O) groups is 1. The number of aromatic nitrogens is 3. The number of piperidine rings is 1. The van der Waals surface area contributed by atoms with Crippen LogP contribution in [0.3, 0.4) is 0 Å². The predicted octanol–water partition coefficient (Wildman–Crippen LogP) is 2.61. The number of rotatable bonds is 2. The fraction of sp³-hybridized carbons (Fsp3) is 0.429. The van der Waals surface area contributed by atoms with Crippen LogP contribution in [0.5, 0.6) is 0 Å². The highest BCUT2D eigenvalue weighted by atomic mass is 32.1. The summed E-state index contributed by atoms with van der Waals surface area (Å²) in [6.07, 6.45) is 7.80. The molecular formula is C14H16N4OS. The third-order valence-corrected chi connectivity index (χ3v) is 4.53. The molecule has 1 atom stereocenters. The lowest BCUT2D eigenvalue weighted by molar-refractivity contribution is 0.0604. The molecule has 3 heterocycles. The van der Waals surface area contributed by atoms with Crippen LogP contribution >= 0.6 is 11.3 Å². The van der Waals surface area contributed by atoms with Gasteiger partial charge in [0.25, 0.3) is 5.91 Å². The fourth-order valence-corrected chi connectivity index (χ4v) is 3.46. The van der Waals surface area contributed by atoms with Gasteiger partial charge in [0.1, 0.15) is 10.7 Å². The second-order valence-corrected chi connectivity index (χ2v) is 5.82. The molecule has 1 aliphatic heterocycles. The topological polar surface area (TPSA) is 59.0 Å². The molecule has 0 aliphatic carbocycles. The van der Waals surface area contributed by atoms with Crippen LogP contribution in [0.2, 0.25) is 0 Å². The van der Waals surface area contributed by atoms with Crippen molar-refractivity contribution in [1.82, 2.24) is 19.9 Å². The van der Waals surface area contributed by atoms with Crippen molar-refractivity contribution in [2.75, 3.05) is 6.54 Å². The molecule has 1 saturated heterocycles. The van der Waals surface area contributed by atoms with Gasteiger partial charge in [-0.05, 0) is 26.2 Å². The highest BCUT2D eigenvalue weighted by molar-refractivity contribution is 7.09. The van der Waals surface area contributed by atoms with Crippen molar-refractivity contribution < 1.29 is 4.79 Å². The highest BCUT2D eigenvalue weighted by Gasteiger charge is 2.31. The Bertz CT molecular complexity index is 598. The molecule has 0 unspecified atom stereocenters.